The first-order valence-corrected chi connectivity index (χ1v) is 9.87. The van der Waals surface area contributed by atoms with Crippen molar-refractivity contribution in [1.29, 1.82) is 0 Å². The molecule has 144 valence electrons. The van der Waals surface area contributed by atoms with Gasteiger partial charge in [0.15, 0.2) is 0 Å². The summed E-state index contributed by atoms with van der Waals surface area (Å²) in [5.74, 6) is 0.844. The average molecular weight is 367 g/mol. The number of likely N-dealkylation sites (tertiary alicyclic amines) is 1. The third kappa shape index (κ3) is 4.89. The van der Waals surface area contributed by atoms with Gasteiger partial charge < -0.3 is 10.1 Å². The van der Waals surface area contributed by atoms with Gasteiger partial charge in [0.2, 0.25) is 0 Å². The van der Waals surface area contributed by atoms with Gasteiger partial charge in [0.1, 0.15) is 5.75 Å². The standard InChI is InChI=1S/C23H30N2O2/c1-4-21(20-11-12-22(27-3)17(2)15-20)24-23(26)19-9-7-18(8-10-19)16-25-13-5-6-14-25/h7-12,15,21H,4-6,13-14,16H2,1-3H3,(H,24,26). The van der Waals surface area contributed by atoms with Gasteiger partial charge in [0.05, 0.1) is 13.2 Å². The van der Waals surface area contributed by atoms with Crippen molar-refractivity contribution in [3.8, 4) is 5.75 Å². The lowest BCUT2D eigenvalue weighted by molar-refractivity contribution is 0.0935. The van der Waals surface area contributed by atoms with E-state index in [1.807, 2.05) is 31.2 Å². The molecule has 2 aromatic carbocycles. The van der Waals surface area contributed by atoms with Gasteiger partial charge in [0, 0.05) is 12.1 Å². The van der Waals surface area contributed by atoms with Crippen LogP contribution in [-0.2, 0) is 6.54 Å². The van der Waals surface area contributed by atoms with Crippen LogP contribution in [0.5, 0.6) is 5.75 Å². The normalized spacial score (nSPS) is 15.5. The molecule has 0 aromatic heterocycles. The van der Waals surface area contributed by atoms with E-state index in [0.717, 1.165) is 29.8 Å². The summed E-state index contributed by atoms with van der Waals surface area (Å²) in [5, 5.41) is 3.17. The molecule has 4 nitrogen and oxygen atoms in total. The van der Waals surface area contributed by atoms with Crippen LogP contribution < -0.4 is 10.1 Å². The SMILES string of the molecule is CCC(NC(=O)c1ccc(CN2CCCC2)cc1)c1ccc(OC)c(C)c1. The molecule has 1 atom stereocenters. The Morgan fingerprint density at radius 1 is 1.15 bits per heavy atom. The Morgan fingerprint density at radius 2 is 1.85 bits per heavy atom. The fourth-order valence-electron chi connectivity index (χ4n) is 3.74. The summed E-state index contributed by atoms with van der Waals surface area (Å²) in [6.07, 6.45) is 3.43. The summed E-state index contributed by atoms with van der Waals surface area (Å²) in [4.78, 5) is 15.2. The molecule has 0 radical (unpaired) electrons. The van der Waals surface area contributed by atoms with Gasteiger partial charge in [-0.05, 0) is 74.2 Å². The molecule has 4 heteroatoms. The minimum Gasteiger partial charge on any atom is -0.496 e. The van der Waals surface area contributed by atoms with Crippen LogP contribution in [0.25, 0.3) is 0 Å². The maximum Gasteiger partial charge on any atom is 0.251 e. The van der Waals surface area contributed by atoms with Crippen LogP contribution in [-0.4, -0.2) is 31.0 Å². The molecule has 3 rings (SSSR count). The first-order valence-electron chi connectivity index (χ1n) is 9.87. The second-order valence-electron chi connectivity index (χ2n) is 7.34. The Labute approximate surface area is 162 Å². The minimum atomic E-state index is -0.0250. The molecular weight excluding hydrogens is 336 g/mol. The molecule has 1 unspecified atom stereocenters. The first kappa shape index (κ1) is 19.4. The number of nitrogens with one attached hydrogen (secondary N) is 1. The quantitative estimate of drug-likeness (QED) is 0.785. The molecule has 0 spiro atoms. The highest BCUT2D eigenvalue weighted by molar-refractivity contribution is 5.94. The predicted molar refractivity (Wildman–Crippen MR) is 109 cm³/mol. The lowest BCUT2D eigenvalue weighted by atomic mass is 10.0. The maximum absolute atomic E-state index is 12.7. The molecule has 0 aliphatic carbocycles. The Bertz CT molecular complexity index is 764. The zero-order valence-corrected chi connectivity index (χ0v) is 16.6. The van der Waals surface area contributed by atoms with Gasteiger partial charge in [-0.2, -0.15) is 0 Å². The zero-order valence-electron chi connectivity index (χ0n) is 16.6. The summed E-state index contributed by atoms with van der Waals surface area (Å²) < 4.78 is 5.33. The van der Waals surface area contributed by atoms with Crippen LogP contribution in [0.15, 0.2) is 42.5 Å². The largest absolute Gasteiger partial charge is 0.496 e. The maximum atomic E-state index is 12.7. The number of hydrogen-bond donors (Lipinski definition) is 1. The van der Waals surface area contributed by atoms with Crippen LogP contribution in [0.4, 0.5) is 0 Å². The third-order valence-corrected chi connectivity index (χ3v) is 5.36. The number of methoxy groups -OCH3 is 1. The number of hydrogen-bond acceptors (Lipinski definition) is 3. The van der Waals surface area contributed by atoms with Crippen LogP contribution in [0, 0.1) is 6.92 Å². The van der Waals surface area contributed by atoms with Crippen molar-refractivity contribution in [2.75, 3.05) is 20.2 Å². The zero-order chi connectivity index (χ0) is 19.2. The highest BCUT2D eigenvalue weighted by atomic mass is 16.5. The fraction of sp³-hybridized carbons (Fsp3) is 0.435. The molecule has 2 aromatic rings. The molecule has 1 N–H and O–H groups in total. The first-order chi connectivity index (χ1) is 13.1. The van der Waals surface area contributed by atoms with Crippen LogP contribution in [0.1, 0.15) is 59.3 Å². The van der Waals surface area contributed by atoms with Crippen molar-refractivity contribution in [2.24, 2.45) is 0 Å². The monoisotopic (exact) mass is 366 g/mol. The number of rotatable bonds is 7. The molecule has 27 heavy (non-hydrogen) atoms. The van der Waals surface area contributed by atoms with Crippen molar-refractivity contribution in [1.82, 2.24) is 10.2 Å². The average Bonchev–Trinajstić information content (AvgIpc) is 3.19. The van der Waals surface area contributed by atoms with E-state index < -0.39 is 0 Å². The third-order valence-electron chi connectivity index (χ3n) is 5.36. The summed E-state index contributed by atoms with van der Waals surface area (Å²) in [5.41, 5.74) is 4.17. The number of carbonyl (C=O) groups excluding carboxylic acids is 1. The predicted octanol–water partition coefficient (Wildman–Crippen LogP) is 4.48. The van der Waals surface area contributed by atoms with Gasteiger partial charge >= 0.3 is 0 Å². The van der Waals surface area contributed by atoms with Gasteiger partial charge in [0.25, 0.3) is 5.91 Å². The number of ether oxygens (including phenoxy) is 1. The van der Waals surface area contributed by atoms with Crippen LogP contribution >= 0.6 is 0 Å². The van der Waals surface area contributed by atoms with Crippen molar-refractivity contribution in [3.05, 3.63) is 64.7 Å². The lowest BCUT2D eigenvalue weighted by Gasteiger charge is -2.19. The van der Waals surface area contributed by atoms with Crippen LogP contribution in [0.3, 0.4) is 0 Å². The summed E-state index contributed by atoms with van der Waals surface area (Å²) in [7, 11) is 1.68. The Hall–Kier alpha value is -2.33. The van der Waals surface area contributed by atoms with Crippen molar-refractivity contribution >= 4 is 5.91 Å². The Balaban J connectivity index is 1.64. The lowest BCUT2D eigenvalue weighted by Crippen LogP contribution is -2.28. The van der Waals surface area contributed by atoms with E-state index in [1.165, 1.54) is 31.5 Å². The Morgan fingerprint density at radius 3 is 2.44 bits per heavy atom. The molecule has 1 heterocycles. The second-order valence-corrected chi connectivity index (χ2v) is 7.34. The summed E-state index contributed by atoms with van der Waals surface area (Å²) >= 11 is 0. The number of carbonyl (C=O) groups is 1. The van der Waals surface area contributed by atoms with E-state index in [9.17, 15) is 4.79 Å². The number of benzene rings is 2. The minimum absolute atomic E-state index is 0.00798. The van der Waals surface area contributed by atoms with E-state index in [2.05, 4.69) is 35.3 Å². The molecule has 1 fully saturated rings. The molecule has 0 bridgehead atoms. The molecule has 1 aliphatic rings. The number of amides is 1. The fourth-order valence-corrected chi connectivity index (χ4v) is 3.74. The Kier molecular flexibility index (Phi) is 6.51. The van der Waals surface area contributed by atoms with E-state index in [-0.39, 0.29) is 11.9 Å². The van der Waals surface area contributed by atoms with E-state index >= 15 is 0 Å². The van der Waals surface area contributed by atoms with Gasteiger partial charge in [-0.25, -0.2) is 0 Å². The smallest absolute Gasteiger partial charge is 0.251 e. The number of aryl methyl sites for hydroxylation is 1. The molecule has 0 saturated carbocycles. The van der Waals surface area contributed by atoms with Gasteiger partial charge in [-0.3, -0.25) is 9.69 Å². The summed E-state index contributed by atoms with van der Waals surface area (Å²) in [6.45, 7) is 7.45. The molecule has 1 amide bonds. The molecule has 1 aliphatic heterocycles. The highest BCUT2D eigenvalue weighted by Gasteiger charge is 2.16. The van der Waals surface area contributed by atoms with E-state index in [4.69, 9.17) is 4.74 Å². The van der Waals surface area contributed by atoms with Crippen molar-refractivity contribution in [2.45, 2.75) is 45.7 Å². The van der Waals surface area contributed by atoms with Crippen molar-refractivity contribution in [3.63, 3.8) is 0 Å². The van der Waals surface area contributed by atoms with E-state index in [0.29, 0.717) is 5.56 Å². The van der Waals surface area contributed by atoms with Crippen molar-refractivity contribution < 1.29 is 9.53 Å². The van der Waals surface area contributed by atoms with E-state index in [1.54, 1.807) is 7.11 Å². The topological polar surface area (TPSA) is 41.6 Å². The number of nitrogens with zero attached hydrogens (tertiary/aromatic N) is 1. The molecule has 1 saturated heterocycles. The highest BCUT2D eigenvalue weighted by Crippen LogP contribution is 2.24. The second kappa shape index (κ2) is 9.05. The molecular formula is C23H30N2O2. The summed E-state index contributed by atoms with van der Waals surface area (Å²) in [6, 6.07) is 14.1. The van der Waals surface area contributed by atoms with Gasteiger partial charge in [-0.1, -0.05) is 31.2 Å². The van der Waals surface area contributed by atoms with Gasteiger partial charge in [-0.15, -0.1) is 0 Å². The van der Waals surface area contributed by atoms with Crippen LogP contribution in [0.2, 0.25) is 0 Å².